The van der Waals surface area contributed by atoms with Crippen LogP contribution in [0.3, 0.4) is 0 Å². The zero-order valence-corrected chi connectivity index (χ0v) is 11.5. The first-order valence-corrected chi connectivity index (χ1v) is 6.81. The lowest BCUT2D eigenvalue weighted by Crippen LogP contribution is -2.25. The fourth-order valence-corrected chi connectivity index (χ4v) is 2.44. The highest BCUT2D eigenvalue weighted by Gasteiger charge is 2.13. The Labute approximate surface area is 118 Å². The van der Waals surface area contributed by atoms with E-state index in [1.807, 2.05) is 37.5 Å². The number of nitrogens with zero attached hydrogens (tertiary/aromatic N) is 2. The SMILES string of the molecule is Cn1ccc(CCNC(=O)c2ccc3c(c2)CNC3)n1. The molecule has 0 unspecified atom stereocenters. The molecule has 1 aromatic heterocycles. The molecule has 0 bridgehead atoms. The lowest BCUT2D eigenvalue weighted by atomic mass is 10.1. The molecule has 2 heterocycles. The van der Waals surface area contributed by atoms with Gasteiger partial charge in [0, 0.05) is 44.9 Å². The molecular weight excluding hydrogens is 252 g/mol. The number of nitrogens with one attached hydrogen (secondary N) is 2. The Morgan fingerprint density at radius 2 is 2.20 bits per heavy atom. The van der Waals surface area contributed by atoms with Crippen LogP contribution in [0, 0.1) is 0 Å². The lowest BCUT2D eigenvalue weighted by molar-refractivity contribution is 0.0954. The van der Waals surface area contributed by atoms with E-state index in [-0.39, 0.29) is 5.91 Å². The van der Waals surface area contributed by atoms with Crippen LogP contribution in [0.15, 0.2) is 30.5 Å². The topological polar surface area (TPSA) is 59.0 Å². The van der Waals surface area contributed by atoms with Crippen LogP contribution in [-0.4, -0.2) is 22.2 Å². The predicted octanol–water partition coefficient (Wildman–Crippen LogP) is 0.996. The van der Waals surface area contributed by atoms with Crippen molar-refractivity contribution in [3.05, 3.63) is 52.8 Å². The van der Waals surface area contributed by atoms with Gasteiger partial charge in [-0.25, -0.2) is 0 Å². The van der Waals surface area contributed by atoms with Crippen molar-refractivity contribution in [1.82, 2.24) is 20.4 Å². The Morgan fingerprint density at radius 3 is 3.00 bits per heavy atom. The van der Waals surface area contributed by atoms with Crippen LogP contribution in [0.2, 0.25) is 0 Å². The summed E-state index contributed by atoms with van der Waals surface area (Å²) in [5, 5.41) is 10.5. The van der Waals surface area contributed by atoms with Gasteiger partial charge in [0.25, 0.3) is 5.91 Å². The highest BCUT2D eigenvalue weighted by molar-refractivity contribution is 5.94. The number of aromatic nitrogens is 2. The standard InChI is InChI=1S/C15H18N4O/c1-19-7-5-14(18-19)4-6-17-15(20)11-2-3-12-9-16-10-13(12)8-11/h2-3,5,7-8,16H,4,6,9-10H2,1H3,(H,17,20). The third kappa shape index (κ3) is 2.72. The maximum Gasteiger partial charge on any atom is 0.251 e. The molecule has 0 saturated heterocycles. The molecule has 5 nitrogen and oxygen atoms in total. The lowest BCUT2D eigenvalue weighted by Gasteiger charge is -2.06. The van der Waals surface area contributed by atoms with Gasteiger partial charge in [-0.2, -0.15) is 5.10 Å². The molecule has 0 fully saturated rings. The molecule has 1 amide bonds. The van der Waals surface area contributed by atoms with Gasteiger partial charge < -0.3 is 10.6 Å². The average molecular weight is 270 g/mol. The first-order valence-electron chi connectivity index (χ1n) is 6.81. The minimum atomic E-state index is -0.0179. The molecule has 1 aliphatic heterocycles. The van der Waals surface area contributed by atoms with E-state index in [2.05, 4.69) is 15.7 Å². The normalized spacial score (nSPS) is 13.2. The first-order chi connectivity index (χ1) is 9.72. The van der Waals surface area contributed by atoms with Gasteiger partial charge >= 0.3 is 0 Å². The van der Waals surface area contributed by atoms with Crippen molar-refractivity contribution >= 4 is 5.91 Å². The molecule has 1 aromatic carbocycles. The first kappa shape index (κ1) is 12.9. The van der Waals surface area contributed by atoms with Crippen LogP contribution in [0.4, 0.5) is 0 Å². The van der Waals surface area contributed by atoms with Gasteiger partial charge in [-0.05, 0) is 29.3 Å². The van der Waals surface area contributed by atoms with Crippen LogP contribution in [-0.2, 0) is 26.6 Å². The number of carbonyl (C=O) groups excluding carboxylic acids is 1. The van der Waals surface area contributed by atoms with E-state index in [4.69, 9.17) is 0 Å². The molecule has 2 aromatic rings. The van der Waals surface area contributed by atoms with E-state index < -0.39 is 0 Å². The maximum atomic E-state index is 12.1. The molecule has 1 aliphatic rings. The minimum absolute atomic E-state index is 0.0179. The van der Waals surface area contributed by atoms with Crippen molar-refractivity contribution in [3.8, 4) is 0 Å². The van der Waals surface area contributed by atoms with E-state index in [0.717, 1.165) is 30.8 Å². The molecule has 2 N–H and O–H groups in total. The van der Waals surface area contributed by atoms with Gasteiger partial charge in [0.05, 0.1) is 5.69 Å². The van der Waals surface area contributed by atoms with Gasteiger partial charge in [-0.15, -0.1) is 0 Å². The Hall–Kier alpha value is -2.14. The fraction of sp³-hybridized carbons (Fsp3) is 0.333. The Morgan fingerprint density at radius 1 is 1.35 bits per heavy atom. The van der Waals surface area contributed by atoms with Crippen molar-refractivity contribution in [3.63, 3.8) is 0 Å². The molecule has 0 spiro atoms. The third-order valence-corrected chi connectivity index (χ3v) is 3.53. The third-order valence-electron chi connectivity index (χ3n) is 3.53. The highest BCUT2D eigenvalue weighted by atomic mass is 16.1. The van der Waals surface area contributed by atoms with Crippen LogP contribution in [0.1, 0.15) is 27.2 Å². The van der Waals surface area contributed by atoms with Crippen molar-refractivity contribution in [2.45, 2.75) is 19.5 Å². The maximum absolute atomic E-state index is 12.1. The Bertz CT molecular complexity index is 633. The summed E-state index contributed by atoms with van der Waals surface area (Å²) in [7, 11) is 1.89. The number of aryl methyl sites for hydroxylation is 1. The number of carbonyl (C=O) groups is 1. The van der Waals surface area contributed by atoms with Gasteiger partial charge in [-0.3, -0.25) is 9.48 Å². The van der Waals surface area contributed by atoms with Crippen molar-refractivity contribution in [2.75, 3.05) is 6.54 Å². The number of hydrogen-bond acceptors (Lipinski definition) is 3. The minimum Gasteiger partial charge on any atom is -0.352 e. The van der Waals surface area contributed by atoms with Gasteiger partial charge in [0.15, 0.2) is 0 Å². The summed E-state index contributed by atoms with van der Waals surface area (Å²) in [5.74, 6) is -0.0179. The zero-order valence-electron chi connectivity index (χ0n) is 11.5. The molecule has 3 rings (SSSR count). The number of hydrogen-bond donors (Lipinski definition) is 2. The number of rotatable bonds is 4. The second kappa shape index (κ2) is 5.46. The summed E-state index contributed by atoms with van der Waals surface area (Å²) in [6, 6.07) is 7.86. The van der Waals surface area contributed by atoms with Crippen molar-refractivity contribution < 1.29 is 4.79 Å². The quantitative estimate of drug-likeness (QED) is 0.871. The van der Waals surface area contributed by atoms with Gasteiger partial charge in [-0.1, -0.05) is 6.07 Å². The number of fused-ring (bicyclic) bond motifs is 1. The summed E-state index contributed by atoms with van der Waals surface area (Å²) in [6.45, 7) is 2.35. The van der Waals surface area contributed by atoms with Crippen molar-refractivity contribution in [2.24, 2.45) is 7.05 Å². The Balaban J connectivity index is 1.56. The summed E-state index contributed by atoms with van der Waals surface area (Å²) in [4.78, 5) is 12.1. The predicted molar refractivity (Wildman–Crippen MR) is 76.2 cm³/mol. The molecule has 0 radical (unpaired) electrons. The molecule has 0 aliphatic carbocycles. The highest BCUT2D eigenvalue weighted by Crippen LogP contribution is 2.16. The molecule has 5 heteroatoms. The number of benzene rings is 1. The van der Waals surface area contributed by atoms with E-state index in [9.17, 15) is 4.79 Å². The van der Waals surface area contributed by atoms with Crippen LogP contribution >= 0.6 is 0 Å². The van der Waals surface area contributed by atoms with Crippen molar-refractivity contribution in [1.29, 1.82) is 0 Å². The second-order valence-corrected chi connectivity index (χ2v) is 5.07. The zero-order chi connectivity index (χ0) is 13.9. The van der Waals surface area contributed by atoms with E-state index in [0.29, 0.717) is 6.54 Å². The van der Waals surface area contributed by atoms with Crippen LogP contribution in [0.25, 0.3) is 0 Å². The van der Waals surface area contributed by atoms with E-state index in [1.54, 1.807) is 4.68 Å². The molecular formula is C15H18N4O. The summed E-state index contributed by atoms with van der Waals surface area (Å²) in [5.41, 5.74) is 4.23. The summed E-state index contributed by atoms with van der Waals surface area (Å²) in [6.07, 6.45) is 2.66. The average Bonchev–Trinajstić information content (AvgIpc) is 3.06. The molecule has 104 valence electrons. The van der Waals surface area contributed by atoms with Crippen LogP contribution in [0.5, 0.6) is 0 Å². The largest absolute Gasteiger partial charge is 0.352 e. The second-order valence-electron chi connectivity index (χ2n) is 5.07. The molecule has 20 heavy (non-hydrogen) atoms. The van der Waals surface area contributed by atoms with E-state index >= 15 is 0 Å². The molecule has 0 atom stereocenters. The fourth-order valence-electron chi connectivity index (χ4n) is 2.44. The molecule has 0 saturated carbocycles. The van der Waals surface area contributed by atoms with Crippen LogP contribution < -0.4 is 10.6 Å². The Kier molecular flexibility index (Phi) is 3.52. The summed E-state index contributed by atoms with van der Waals surface area (Å²) >= 11 is 0. The summed E-state index contributed by atoms with van der Waals surface area (Å²) < 4.78 is 1.77. The van der Waals surface area contributed by atoms with Gasteiger partial charge in [0.2, 0.25) is 0 Å². The number of amides is 1. The van der Waals surface area contributed by atoms with Gasteiger partial charge in [0.1, 0.15) is 0 Å². The van der Waals surface area contributed by atoms with E-state index in [1.165, 1.54) is 11.1 Å². The monoisotopic (exact) mass is 270 g/mol. The smallest absolute Gasteiger partial charge is 0.251 e.